The summed E-state index contributed by atoms with van der Waals surface area (Å²) >= 11 is 1.70. The number of rotatable bonds is 4. The summed E-state index contributed by atoms with van der Waals surface area (Å²) in [4.78, 5) is 0. The Balaban J connectivity index is 0. The summed E-state index contributed by atoms with van der Waals surface area (Å²) in [7, 11) is 0. The van der Waals surface area contributed by atoms with E-state index in [1.807, 2.05) is 0 Å². The third-order valence-electron chi connectivity index (χ3n) is 2.32. The molecule has 0 heterocycles. The number of nitrogens with zero attached hydrogens (tertiary/aromatic N) is 1. The highest BCUT2D eigenvalue weighted by Gasteiger charge is 2.17. The molecule has 0 aliphatic rings. The minimum atomic E-state index is 0. The maximum Gasteiger partial charge on any atom is 0.149 e. The van der Waals surface area contributed by atoms with Gasteiger partial charge < -0.3 is 12.4 Å². The van der Waals surface area contributed by atoms with Gasteiger partial charge in [0.1, 0.15) is 6.04 Å². The van der Waals surface area contributed by atoms with Crippen molar-refractivity contribution in [1.29, 1.82) is 0 Å². The summed E-state index contributed by atoms with van der Waals surface area (Å²) in [6, 6.07) is 3.33. The third-order valence-corrected chi connectivity index (χ3v) is 2.84. The lowest BCUT2D eigenvalue weighted by atomic mass is 10.4. The van der Waals surface area contributed by atoms with Crippen LogP contribution in [0.1, 0.15) is 27.7 Å². The van der Waals surface area contributed by atoms with Crippen LogP contribution in [-0.4, -0.2) is 29.9 Å². The second-order valence-corrected chi connectivity index (χ2v) is 3.81. The van der Waals surface area contributed by atoms with Crippen molar-refractivity contribution >= 4 is 11.8 Å². The van der Waals surface area contributed by atoms with Crippen LogP contribution in [0.5, 0.6) is 0 Å². The average Bonchev–Trinajstić information content (AvgIpc) is 2.14. The fourth-order valence-corrected chi connectivity index (χ4v) is 1.51. The molecule has 0 spiro atoms. The Morgan fingerprint density at radius 2 is 1.46 bits per heavy atom. The number of quaternary nitrogens is 1. The fraction of sp³-hybridized carbons (Fsp3) is 0.800. The fourth-order valence-electron chi connectivity index (χ4n) is 1.11. The molecule has 0 rings (SSSR count). The lowest BCUT2D eigenvalue weighted by Crippen LogP contribution is -3.00. The van der Waals surface area contributed by atoms with Gasteiger partial charge in [-0.2, -0.15) is 0 Å². The maximum absolute atomic E-state index is 3.33. The molecule has 0 aliphatic carbocycles. The van der Waals surface area contributed by atoms with E-state index in [0.717, 1.165) is 29.9 Å². The molecule has 0 N–H and O–H groups in total. The van der Waals surface area contributed by atoms with Crippen LogP contribution >= 0.6 is 11.8 Å². The van der Waals surface area contributed by atoms with Gasteiger partial charge in [0.05, 0.1) is 19.6 Å². The zero-order valence-electron chi connectivity index (χ0n) is 9.06. The average molecular weight is 222 g/mol. The number of thioether (sulfide) groups is 1. The van der Waals surface area contributed by atoms with E-state index >= 15 is 0 Å². The van der Waals surface area contributed by atoms with Crippen LogP contribution in [0.4, 0.5) is 0 Å². The van der Waals surface area contributed by atoms with Crippen molar-refractivity contribution < 1.29 is 16.9 Å². The molecule has 0 unspecified atom stereocenters. The van der Waals surface area contributed by atoms with Gasteiger partial charge in [0.25, 0.3) is 0 Å². The van der Waals surface area contributed by atoms with Crippen molar-refractivity contribution in [3.63, 3.8) is 0 Å². The zero-order chi connectivity index (χ0) is 9.45. The standard InChI is InChI=1S/C10H20NS.ClH/c1-5-11(6-2,7-3)9-10-12-8-4;/h5-8H2,1-4H3;1H/q+1;/p-1. The third kappa shape index (κ3) is 5.46. The van der Waals surface area contributed by atoms with Crippen molar-refractivity contribution in [2.75, 3.05) is 25.4 Å². The van der Waals surface area contributed by atoms with E-state index in [2.05, 4.69) is 39.0 Å². The first-order valence-electron chi connectivity index (χ1n) is 4.74. The first kappa shape index (κ1) is 15.6. The topological polar surface area (TPSA) is 0 Å². The Labute approximate surface area is 93.3 Å². The summed E-state index contributed by atoms with van der Waals surface area (Å²) < 4.78 is 0.938. The van der Waals surface area contributed by atoms with Gasteiger partial charge in [-0.05, 0) is 20.8 Å². The Hall–Kier alpha value is 0.160. The van der Waals surface area contributed by atoms with E-state index < -0.39 is 0 Å². The molecule has 0 amide bonds. The molecule has 0 aromatic heterocycles. The molecule has 0 radical (unpaired) electrons. The van der Waals surface area contributed by atoms with Gasteiger partial charge in [-0.3, -0.25) is 0 Å². The SMILES string of the molecule is CCSC#C[N+](CC)(CC)CC.[Cl-]. The van der Waals surface area contributed by atoms with Gasteiger partial charge >= 0.3 is 0 Å². The van der Waals surface area contributed by atoms with Crippen LogP contribution in [0.25, 0.3) is 0 Å². The molecule has 0 bridgehead atoms. The van der Waals surface area contributed by atoms with E-state index in [-0.39, 0.29) is 12.4 Å². The molecular weight excluding hydrogens is 202 g/mol. The zero-order valence-corrected chi connectivity index (χ0v) is 10.6. The Morgan fingerprint density at radius 1 is 1.00 bits per heavy atom. The van der Waals surface area contributed by atoms with Crippen molar-refractivity contribution in [2.45, 2.75) is 27.7 Å². The van der Waals surface area contributed by atoms with Gasteiger partial charge in [-0.15, -0.1) is 0 Å². The van der Waals surface area contributed by atoms with Gasteiger partial charge in [0, 0.05) is 11.0 Å². The normalized spacial score (nSPS) is 9.85. The maximum atomic E-state index is 3.33. The predicted molar refractivity (Wildman–Crippen MR) is 57.8 cm³/mol. The molecular formula is C10H20ClNS. The van der Waals surface area contributed by atoms with E-state index in [0.29, 0.717) is 0 Å². The van der Waals surface area contributed by atoms with E-state index in [9.17, 15) is 0 Å². The van der Waals surface area contributed by atoms with Crippen molar-refractivity contribution in [1.82, 2.24) is 0 Å². The smallest absolute Gasteiger partial charge is 0.149 e. The first-order chi connectivity index (χ1) is 5.74. The monoisotopic (exact) mass is 221 g/mol. The van der Waals surface area contributed by atoms with Crippen molar-refractivity contribution in [3.05, 3.63) is 0 Å². The minimum Gasteiger partial charge on any atom is -1.00 e. The van der Waals surface area contributed by atoms with Crippen LogP contribution < -0.4 is 12.4 Å². The molecule has 0 fully saturated rings. The molecule has 0 saturated heterocycles. The minimum absolute atomic E-state index is 0. The number of halogens is 1. The van der Waals surface area contributed by atoms with Crippen LogP contribution in [0, 0.1) is 11.3 Å². The van der Waals surface area contributed by atoms with Gasteiger partial charge in [-0.1, -0.05) is 18.7 Å². The van der Waals surface area contributed by atoms with Crippen LogP contribution in [-0.2, 0) is 0 Å². The quantitative estimate of drug-likeness (QED) is 0.458. The Bertz CT molecular complexity index is 159. The van der Waals surface area contributed by atoms with Gasteiger partial charge in [-0.25, -0.2) is 4.48 Å². The van der Waals surface area contributed by atoms with Crippen LogP contribution in [0.15, 0.2) is 0 Å². The molecule has 78 valence electrons. The number of hydrogen-bond acceptors (Lipinski definition) is 1. The highest BCUT2D eigenvalue weighted by Crippen LogP contribution is 2.04. The van der Waals surface area contributed by atoms with E-state index in [1.54, 1.807) is 11.8 Å². The van der Waals surface area contributed by atoms with Crippen LogP contribution in [0.2, 0.25) is 0 Å². The highest BCUT2D eigenvalue weighted by atomic mass is 35.5. The molecule has 0 aromatic rings. The van der Waals surface area contributed by atoms with E-state index in [1.165, 1.54) is 0 Å². The summed E-state index contributed by atoms with van der Waals surface area (Å²) in [5.41, 5.74) is 0. The summed E-state index contributed by atoms with van der Waals surface area (Å²) in [6.45, 7) is 12.1. The second-order valence-electron chi connectivity index (χ2n) is 2.74. The molecule has 13 heavy (non-hydrogen) atoms. The van der Waals surface area contributed by atoms with Crippen molar-refractivity contribution in [2.24, 2.45) is 0 Å². The van der Waals surface area contributed by atoms with E-state index in [4.69, 9.17) is 0 Å². The Morgan fingerprint density at radius 3 is 1.77 bits per heavy atom. The lowest BCUT2D eigenvalue weighted by molar-refractivity contribution is -0.858. The van der Waals surface area contributed by atoms with Crippen molar-refractivity contribution in [3.8, 4) is 11.3 Å². The molecule has 0 aromatic carbocycles. The van der Waals surface area contributed by atoms with Gasteiger partial charge in [0.15, 0.2) is 0 Å². The molecule has 3 heteroatoms. The lowest BCUT2D eigenvalue weighted by Gasteiger charge is -2.27. The highest BCUT2D eigenvalue weighted by molar-refractivity contribution is 8.03. The molecule has 0 atom stereocenters. The number of hydrogen-bond donors (Lipinski definition) is 0. The predicted octanol–water partition coefficient (Wildman–Crippen LogP) is -0.462. The largest absolute Gasteiger partial charge is 1.00 e. The summed E-state index contributed by atoms with van der Waals surface area (Å²) in [5.74, 6) is 1.09. The summed E-state index contributed by atoms with van der Waals surface area (Å²) in [5, 5.41) is 3.17. The molecule has 0 aliphatic heterocycles. The summed E-state index contributed by atoms with van der Waals surface area (Å²) in [6.07, 6.45) is 0. The molecule has 0 saturated carbocycles. The Kier molecular flexibility index (Phi) is 10.5. The van der Waals surface area contributed by atoms with Crippen LogP contribution in [0.3, 0.4) is 0 Å². The second kappa shape index (κ2) is 8.74. The van der Waals surface area contributed by atoms with Gasteiger partial charge in [0.2, 0.25) is 0 Å². The first-order valence-corrected chi connectivity index (χ1v) is 5.73. The molecule has 1 nitrogen and oxygen atoms in total.